The summed E-state index contributed by atoms with van der Waals surface area (Å²) >= 11 is 1.77. The van der Waals surface area contributed by atoms with Crippen molar-refractivity contribution in [1.82, 2.24) is 15.3 Å². The molecule has 3 nitrogen and oxygen atoms in total. The number of piperidine rings is 1. The van der Waals surface area contributed by atoms with Gasteiger partial charge in [-0.15, -0.1) is 11.8 Å². The van der Waals surface area contributed by atoms with Gasteiger partial charge in [-0.2, -0.15) is 0 Å². The van der Waals surface area contributed by atoms with E-state index in [1.54, 1.807) is 11.8 Å². The number of hydrogen-bond donors (Lipinski definition) is 2. The van der Waals surface area contributed by atoms with Crippen LogP contribution in [0.3, 0.4) is 0 Å². The molecule has 2 aromatic rings. The molecule has 1 unspecified atom stereocenters. The molecule has 0 bridgehead atoms. The Hall–Kier alpha value is -1.26. The summed E-state index contributed by atoms with van der Waals surface area (Å²) in [5, 5.41) is 3.43. The number of benzene rings is 1. The van der Waals surface area contributed by atoms with Crippen molar-refractivity contribution >= 4 is 11.8 Å². The lowest BCUT2D eigenvalue weighted by Gasteiger charge is -2.20. The van der Waals surface area contributed by atoms with Crippen LogP contribution in [0.4, 0.5) is 0 Å². The van der Waals surface area contributed by atoms with E-state index in [0.717, 1.165) is 24.6 Å². The van der Waals surface area contributed by atoms with E-state index in [0.29, 0.717) is 5.92 Å². The molecule has 0 radical (unpaired) electrons. The van der Waals surface area contributed by atoms with E-state index in [1.807, 2.05) is 6.20 Å². The van der Waals surface area contributed by atoms with Gasteiger partial charge in [-0.3, -0.25) is 0 Å². The first-order chi connectivity index (χ1) is 9.36. The summed E-state index contributed by atoms with van der Waals surface area (Å²) in [7, 11) is 0. The molecule has 1 atom stereocenters. The number of H-pyrrole nitrogens is 1. The van der Waals surface area contributed by atoms with Gasteiger partial charge in [0.1, 0.15) is 5.82 Å². The number of imidazole rings is 1. The first kappa shape index (κ1) is 12.8. The van der Waals surface area contributed by atoms with E-state index in [9.17, 15) is 0 Å². The molecule has 1 aromatic carbocycles. The van der Waals surface area contributed by atoms with Crippen LogP contribution in [0.15, 0.2) is 35.4 Å². The summed E-state index contributed by atoms with van der Waals surface area (Å²) in [5.74, 6) is 1.66. The molecule has 1 aliphatic rings. The summed E-state index contributed by atoms with van der Waals surface area (Å²) in [4.78, 5) is 9.33. The summed E-state index contributed by atoms with van der Waals surface area (Å²) in [6, 6.07) is 8.62. The summed E-state index contributed by atoms with van der Waals surface area (Å²) in [6.45, 7) is 2.18. The highest BCUT2D eigenvalue weighted by molar-refractivity contribution is 7.98. The highest BCUT2D eigenvalue weighted by Crippen LogP contribution is 2.25. The van der Waals surface area contributed by atoms with E-state index < -0.39 is 0 Å². The maximum Gasteiger partial charge on any atom is 0.110 e. The third kappa shape index (κ3) is 2.85. The zero-order valence-electron chi connectivity index (χ0n) is 11.1. The predicted molar refractivity (Wildman–Crippen MR) is 80.6 cm³/mol. The van der Waals surface area contributed by atoms with Crippen molar-refractivity contribution in [3.05, 3.63) is 36.3 Å². The number of nitrogens with one attached hydrogen (secondary N) is 2. The van der Waals surface area contributed by atoms with Gasteiger partial charge in [0.2, 0.25) is 0 Å². The van der Waals surface area contributed by atoms with Crippen LogP contribution in [0.5, 0.6) is 0 Å². The first-order valence-electron chi connectivity index (χ1n) is 6.77. The van der Waals surface area contributed by atoms with Crippen LogP contribution in [0, 0.1) is 0 Å². The highest BCUT2D eigenvalue weighted by atomic mass is 32.2. The molecular weight excluding hydrogens is 254 g/mol. The number of aromatic amines is 1. The maximum absolute atomic E-state index is 4.56. The number of rotatable bonds is 3. The largest absolute Gasteiger partial charge is 0.342 e. The number of nitrogens with zero attached hydrogens (tertiary/aromatic N) is 1. The number of hydrogen-bond acceptors (Lipinski definition) is 3. The fraction of sp³-hybridized carbons (Fsp3) is 0.400. The Morgan fingerprint density at radius 3 is 2.79 bits per heavy atom. The van der Waals surface area contributed by atoms with Crippen molar-refractivity contribution < 1.29 is 0 Å². The van der Waals surface area contributed by atoms with E-state index >= 15 is 0 Å². The number of thioether (sulfide) groups is 1. The molecule has 0 amide bonds. The van der Waals surface area contributed by atoms with Crippen LogP contribution in [0.2, 0.25) is 0 Å². The highest BCUT2D eigenvalue weighted by Gasteiger charge is 2.18. The minimum atomic E-state index is 0.535. The van der Waals surface area contributed by atoms with Crippen LogP contribution in [-0.4, -0.2) is 29.3 Å². The lowest BCUT2D eigenvalue weighted by atomic mass is 9.99. The van der Waals surface area contributed by atoms with Crippen molar-refractivity contribution in [3.63, 3.8) is 0 Å². The second-order valence-corrected chi connectivity index (χ2v) is 5.83. The normalized spacial score (nSPS) is 19.5. The van der Waals surface area contributed by atoms with E-state index in [-0.39, 0.29) is 0 Å². The smallest absolute Gasteiger partial charge is 0.110 e. The average molecular weight is 273 g/mol. The summed E-state index contributed by atoms with van der Waals surface area (Å²) in [5.41, 5.74) is 2.33. The molecule has 1 saturated heterocycles. The standard InChI is InChI=1S/C15H19N3S/c1-19-13-6-4-11(5-7-13)14-10-17-15(18-14)12-3-2-8-16-9-12/h4-7,10,12,16H,2-3,8-9H2,1H3,(H,17,18). The SMILES string of the molecule is CSc1ccc(-c2cnc(C3CCCNC3)[nH]2)cc1. The molecule has 0 spiro atoms. The Bertz CT molecular complexity index is 527. The van der Waals surface area contributed by atoms with Crippen LogP contribution < -0.4 is 5.32 Å². The van der Waals surface area contributed by atoms with Crippen LogP contribution in [-0.2, 0) is 0 Å². The Labute approximate surface area is 118 Å². The van der Waals surface area contributed by atoms with Crippen molar-refractivity contribution in [2.75, 3.05) is 19.3 Å². The van der Waals surface area contributed by atoms with Gasteiger partial charge in [-0.1, -0.05) is 12.1 Å². The van der Waals surface area contributed by atoms with E-state index in [2.05, 4.69) is 45.8 Å². The van der Waals surface area contributed by atoms with Gasteiger partial charge < -0.3 is 10.3 Å². The molecule has 4 heteroatoms. The topological polar surface area (TPSA) is 40.7 Å². The van der Waals surface area contributed by atoms with Crippen molar-refractivity contribution in [2.45, 2.75) is 23.7 Å². The minimum Gasteiger partial charge on any atom is -0.342 e. The third-order valence-electron chi connectivity index (χ3n) is 3.68. The van der Waals surface area contributed by atoms with Gasteiger partial charge in [-0.05, 0) is 43.3 Å². The molecule has 1 aliphatic heterocycles. The molecular formula is C15H19N3S. The average Bonchev–Trinajstić information content (AvgIpc) is 2.98. The Kier molecular flexibility index (Phi) is 3.89. The molecule has 1 aromatic heterocycles. The molecule has 2 heterocycles. The Morgan fingerprint density at radius 2 is 2.11 bits per heavy atom. The third-order valence-corrected chi connectivity index (χ3v) is 4.42. The van der Waals surface area contributed by atoms with Crippen LogP contribution in [0.1, 0.15) is 24.6 Å². The first-order valence-corrected chi connectivity index (χ1v) is 7.99. The monoisotopic (exact) mass is 273 g/mol. The quantitative estimate of drug-likeness (QED) is 0.843. The fourth-order valence-corrected chi connectivity index (χ4v) is 2.95. The van der Waals surface area contributed by atoms with Crippen molar-refractivity contribution in [3.8, 4) is 11.3 Å². The van der Waals surface area contributed by atoms with Crippen LogP contribution in [0.25, 0.3) is 11.3 Å². The summed E-state index contributed by atoms with van der Waals surface area (Å²) in [6.07, 6.45) is 6.52. The molecule has 3 rings (SSSR count). The van der Waals surface area contributed by atoms with Gasteiger partial charge in [0.25, 0.3) is 0 Å². The summed E-state index contributed by atoms with van der Waals surface area (Å²) < 4.78 is 0. The second kappa shape index (κ2) is 5.80. The molecule has 0 saturated carbocycles. The zero-order chi connectivity index (χ0) is 13.1. The van der Waals surface area contributed by atoms with E-state index in [4.69, 9.17) is 0 Å². The lowest BCUT2D eigenvalue weighted by molar-refractivity contribution is 0.449. The predicted octanol–water partition coefficient (Wildman–Crippen LogP) is 3.27. The molecule has 2 N–H and O–H groups in total. The molecule has 0 aliphatic carbocycles. The van der Waals surface area contributed by atoms with Crippen LogP contribution >= 0.6 is 11.8 Å². The number of aromatic nitrogens is 2. The van der Waals surface area contributed by atoms with Gasteiger partial charge in [-0.25, -0.2) is 4.98 Å². The Balaban J connectivity index is 1.79. The molecule has 1 fully saturated rings. The van der Waals surface area contributed by atoms with E-state index in [1.165, 1.54) is 23.3 Å². The maximum atomic E-state index is 4.56. The molecule has 19 heavy (non-hydrogen) atoms. The van der Waals surface area contributed by atoms with Gasteiger partial charge in [0, 0.05) is 17.4 Å². The minimum absolute atomic E-state index is 0.535. The zero-order valence-corrected chi connectivity index (χ0v) is 12.0. The van der Waals surface area contributed by atoms with Crippen molar-refractivity contribution in [2.24, 2.45) is 0 Å². The van der Waals surface area contributed by atoms with Gasteiger partial charge >= 0.3 is 0 Å². The second-order valence-electron chi connectivity index (χ2n) is 4.95. The lowest BCUT2D eigenvalue weighted by Crippen LogP contribution is -2.28. The Morgan fingerprint density at radius 1 is 1.26 bits per heavy atom. The molecule has 100 valence electrons. The van der Waals surface area contributed by atoms with Gasteiger partial charge in [0.15, 0.2) is 0 Å². The van der Waals surface area contributed by atoms with Crippen molar-refractivity contribution in [1.29, 1.82) is 0 Å². The fourth-order valence-electron chi connectivity index (χ4n) is 2.55. The van der Waals surface area contributed by atoms with Gasteiger partial charge in [0.05, 0.1) is 11.9 Å².